The Morgan fingerprint density at radius 1 is 1.10 bits per heavy atom. The fourth-order valence-electron chi connectivity index (χ4n) is 2.38. The molecule has 10 nitrogen and oxygen atoms in total. The molecule has 0 aliphatic carbocycles. The van der Waals surface area contributed by atoms with Crippen LogP contribution in [0.2, 0.25) is 0 Å². The quantitative estimate of drug-likeness (QED) is 0.225. The van der Waals surface area contributed by atoms with Crippen LogP contribution >= 0.6 is 0 Å². The van der Waals surface area contributed by atoms with Crippen LogP contribution in [0, 0.1) is 0 Å². The van der Waals surface area contributed by atoms with Crippen molar-refractivity contribution in [2.45, 2.75) is 6.10 Å². The van der Waals surface area contributed by atoms with E-state index < -0.39 is 22.0 Å². The summed E-state index contributed by atoms with van der Waals surface area (Å²) in [4.78, 5) is 11.0. The number of aliphatic hydroxyl groups is 1. The van der Waals surface area contributed by atoms with Crippen molar-refractivity contribution >= 4 is 21.6 Å². The number of carbonyl (C=O) groups excluding carboxylic acids is 1. The molecule has 0 bridgehead atoms. The lowest BCUT2D eigenvalue weighted by atomic mass is 10.2. The van der Waals surface area contributed by atoms with E-state index >= 15 is 0 Å². The number of primary amides is 1. The van der Waals surface area contributed by atoms with Crippen molar-refractivity contribution < 1.29 is 51.0 Å². The molecule has 0 heterocycles. The molecule has 2 aromatic rings. The smallest absolute Gasteiger partial charge is 0.248 e. The number of nitrogens with two attached hydrogens (primary N) is 2. The number of amides is 1. The molecule has 0 aliphatic rings. The van der Waals surface area contributed by atoms with Gasteiger partial charge in [0.25, 0.3) is 0 Å². The second kappa shape index (κ2) is 13.7. The van der Waals surface area contributed by atoms with Crippen molar-refractivity contribution in [3.05, 3.63) is 54.1 Å². The fraction of sp³-hybridized carbons (Fsp3) is 0.316. The predicted molar refractivity (Wildman–Crippen MR) is 112 cm³/mol. The first kappa shape index (κ1) is 28.4. The van der Waals surface area contributed by atoms with Gasteiger partial charge < -0.3 is 43.5 Å². The molecular formula is C19H28ClN3O7S. The van der Waals surface area contributed by atoms with E-state index in [9.17, 15) is 18.3 Å². The highest BCUT2D eigenvalue weighted by molar-refractivity contribution is 7.92. The molecule has 1 atom stereocenters. The Morgan fingerprint density at radius 2 is 1.65 bits per heavy atom. The normalized spacial score (nSPS) is 11.4. The summed E-state index contributed by atoms with van der Waals surface area (Å²) in [5, 5.41) is 11.9. The first-order valence-electron chi connectivity index (χ1n) is 8.96. The van der Waals surface area contributed by atoms with Gasteiger partial charge in [0.1, 0.15) is 43.9 Å². The van der Waals surface area contributed by atoms with Gasteiger partial charge in [0.15, 0.2) is 0 Å². The number of benzene rings is 2. The Balaban J connectivity index is 0.00000450. The van der Waals surface area contributed by atoms with E-state index in [0.717, 1.165) is 6.26 Å². The molecule has 0 fully saturated rings. The minimum Gasteiger partial charge on any atom is -1.00 e. The van der Waals surface area contributed by atoms with Crippen LogP contribution in [0.25, 0.3) is 0 Å². The second-order valence-electron chi connectivity index (χ2n) is 6.41. The van der Waals surface area contributed by atoms with Crippen LogP contribution in [-0.4, -0.2) is 63.6 Å². The second-order valence-corrected chi connectivity index (χ2v) is 8.16. The number of quaternary nitrogens is 1. The lowest BCUT2D eigenvalue weighted by molar-refractivity contribution is -0.661. The van der Waals surface area contributed by atoms with Crippen LogP contribution in [0.4, 0.5) is 5.69 Å². The van der Waals surface area contributed by atoms with Crippen molar-refractivity contribution in [3.8, 4) is 11.5 Å². The average molecular weight is 478 g/mol. The standard InChI is InChI=1S/C19H25N3O6S.ClH.H2O/c1-29(25,26)22-15-4-8-18(9-5-15)28-13-16(23)12-21-10-11-27-17-6-2-14(3-7-17)19(20)24;;/h2-9,16,21-23H,10-13H2,1H3,(H2,20,24);1H;1H2. The summed E-state index contributed by atoms with van der Waals surface area (Å²) in [6.07, 6.45) is 0.410. The van der Waals surface area contributed by atoms with Gasteiger partial charge in [-0.05, 0) is 48.5 Å². The topological polar surface area (TPSA) is 176 Å². The number of hydrogen-bond acceptors (Lipinski definition) is 6. The maximum atomic E-state index is 11.2. The fourth-order valence-corrected chi connectivity index (χ4v) is 2.94. The Bertz CT molecular complexity index is 894. The van der Waals surface area contributed by atoms with Gasteiger partial charge in [-0.25, -0.2) is 8.42 Å². The third-order valence-corrected chi connectivity index (χ3v) is 4.37. The van der Waals surface area contributed by atoms with Gasteiger partial charge in [-0.2, -0.15) is 0 Å². The van der Waals surface area contributed by atoms with Crippen molar-refractivity contribution in [2.24, 2.45) is 5.73 Å². The monoisotopic (exact) mass is 477 g/mol. The molecule has 2 rings (SSSR count). The number of sulfonamides is 1. The predicted octanol–water partition coefficient (Wildman–Crippen LogP) is -4.28. The van der Waals surface area contributed by atoms with E-state index in [1.165, 1.54) is 0 Å². The van der Waals surface area contributed by atoms with Crippen LogP contribution in [0.3, 0.4) is 0 Å². The summed E-state index contributed by atoms with van der Waals surface area (Å²) in [5.74, 6) is 0.689. The zero-order valence-electron chi connectivity index (χ0n) is 17.0. The van der Waals surface area contributed by atoms with E-state index in [0.29, 0.717) is 42.4 Å². The van der Waals surface area contributed by atoms with E-state index in [-0.39, 0.29) is 24.5 Å². The third-order valence-electron chi connectivity index (χ3n) is 3.77. The van der Waals surface area contributed by atoms with Gasteiger partial charge in [0, 0.05) is 11.3 Å². The SMILES string of the molecule is CS(=O)(=O)Nc1ccc(OCC(O)C[NH2+]CCOc2ccc(C(N)=O)cc2)cc1.O.[Cl-]. The first-order chi connectivity index (χ1) is 13.7. The van der Waals surface area contributed by atoms with Crippen molar-refractivity contribution in [2.75, 3.05) is 37.3 Å². The molecule has 0 aliphatic heterocycles. The average Bonchev–Trinajstić information content (AvgIpc) is 2.66. The Labute approximate surface area is 187 Å². The maximum Gasteiger partial charge on any atom is 0.248 e. The van der Waals surface area contributed by atoms with Crippen molar-refractivity contribution in [1.29, 1.82) is 0 Å². The molecule has 0 saturated heterocycles. The molecular weight excluding hydrogens is 450 g/mol. The summed E-state index contributed by atoms with van der Waals surface area (Å²) in [6.45, 7) is 1.64. The van der Waals surface area contributed by atoms with Crippen molar-refractivity contribution in [3.63, 3.8) is 0 Å². The van der Waals surface area contributed by atoms with E-state index in [1.54, 1.807) is 48.5 Å². The summed E-state index contributed by atoms with van der Waals surface area (Å²) in [6, 6.07) is 13.0. The molecule has 1 amide bonds. The first-order valence-corrected chi connectivity index (χ1v) is 10.8. The van der Waals surface area contributed by atoms with E-state index in [4.69, 9.17) is 15.2 Å². The molecule has 0 saturated carbocycles. The van der Waals surface area contributed by atoms with Crippen LogP contribution in [0.1, 0.15) is 10.4 Å². The number of carbonyl (C=O) groups is 1. The number of hydrogen-bond donors (Lipinski definition) is 4. The lowest BCUT2D eigenvalue weighted by Gasteiger charge is -2.12. The van der Waals surface area contributed by atoms with Gasteiger partial charge in [-0.3, -0.25) is 9.52 Å². The summed E-state index contributed by atoms with van der Waals surface area (Å²) >= 11 is 0. The highest BCUT2D eigenvalue weighted by Gasteiger charge is 2.08. The van der Waals surface area contributed by atoms with E-state index in [1.807, 2.05) is 5.32 Å². The lowest BCUT2D eigenvalue weighted by Crippen LogP contribution is -3.00. The number of aliphatic hydroxyl groups excluding tert-OH is 1. The number of ether oxygens (including phenoxy) is 2. The molecule has 0 radical (unpaired) electrons. The summed E-state index contributed by atoms with van der Waals surface area (Å²) in [7, 11) is -3.32. The van der Waals surface area contributed by atoms with Crippen LogP contribution in [-0.2, 0) is 10.0 Å². The Morgan fingerprint density at radius 3 is 2.19 bits per heavy atom. The number of halogens is 1. The van der Waals surface area contributed by atoms with Gasteiger partial charge in [-0.1, -0.05) is 0 Å². The Kier molecular flexibility index (Phi) is 12.5. The minimum atomic E-state index is -3.32. The molecule has 0 spiro atoms. The largest absolute Gasteiger partial charge is 1.00 e. The molecule has 8 N–H and O–H groups in total. The number of rotatable bonds is 12. The highest BCUT2D eigenvalue weighted by atomic mass is 35.5. The van der Waals surface area contributed by atoms with Gasteiger partial charge >= 0.3 is 0 Å². The minimum absolute atomic E-state index is 0. The molecule has 1 unspecified atom stereocenters. The van der Waals surface area contributed by atoms with Gasteiger partial charge in [0.2, 0.25) is 15.9 Å². The van der Waals surface area contributed by atoms with Gasteiger partial charge in [-0.15, -0.1) is 0 Å². The number of anilines is 1. The molecule has 12 heteroatoms. The summed E-state index contributed by atoms with van der Waals surface area (Å²) < 4.78 is 35.7. The van der Waals surface area contributed by atoms with Crippen LogP contribution in [0.15, 0.2) is 48.5 Å². The van der Waals surface area contributed by atoms with Crippen LogP contribution < -0.4 is 37.7 Å². The van der Waals surface area contributed by atoms with Crippen molar-refractivity contribution in [1.82, 2.24) is 0 Å². The highest BCUT2D eigenvalue weighted by Crippen LogP contribution is 2.16. The maximum absolute atomic E-state index is 11.2. The zero-order chi connectivity index (χ0) is 21.3. The molecule has 31 heavy (non-hydrogen) atoms. The summed E-state index contributed by atoms with van der Waals surface area (Å²) in [5.41, 5.74) is 6.05. The molecule has 0 aromatic heterocycles. The third kappa shape index (κ3) is 11.4. The Hall–Kier alpha value is -2.57. The van der Waals surface area contributed by atoms with E-state index in [2.05, 4.69) is 4.72 Å². The molecule has 174 valence electrons. The zero-order valence-corrected chi connectivity index (χ0v) is 18.5. The molecule has 2 aromatic carbocycles. The van der Waals surface area contributed by atoms with Crippen LogP contribution in [0.5, 0.6) is 11.5 Å². The van der Waals surface area contributed by atoms with Gasteiger partial charge in [0.05, 0.1) is 6.26 Å². The number of nitrogens with one attached hydrogen (secondary N) is 1.